The number of aliphatic carboxylic acids is 1. The second kappa shape index (κ2) is 7.43. The number of hydrogen-bond donors (Lipinski definition) is 2. The second-order valence-electron chi connectivity index (χ2n) is 7.22. The van der Waals surface area contributed by atoms with Gasteiger partial charge >= 0.3 is 12.0 Å². The van der Waals surface area contributed by atoms with Gasteiger partial charge in [-0.15, -0.1) is 0 Å². The Morgan fingerprint density at radius 1 is 1.42 bits per heavy atom. The maximum atomic E-state index is 12.4. The van der Waals surface area contributed by atoms with Gasteiger partial charge in [0, 0.05) is 19.2 Å². The third kappa shape index (κ3) is 3.57. The molecule has 142 valence electrons. The number of hydrogen-bond acceptors (Lipinski definition) is 4. The summed E-state index contributed by atoms with van der Waals surface area (Å²) in [5.74, 6) is 0.675. The topological polar surface area (TPSA) is 88.1 Å². The molecule has 2 fully saturated rings. The SMILES string of the molecule is COc1cccc(OC(C)CNC(=O)N2C[C@@H]3CCC[C@@]3(C(=O)O)C2)c1. The number of rotatable bonds is 6. The minimum Gasteiger partial charge on any atom is -0.497 e. The largest absolute Gasteiger partial charge is 0.497 e. The maximum Gasteiger partial charge on any atom is 0.317 e. The van der Waals surface area contributed by atoms with Crippen molar-refractivity contribution in [2.24, 2.45) is 11.3 Å². The summed E-state index contributed by atoms with van der Waals surface area (Å²) in [5.41, 5.74) is -0.750. The highest BCUT2D eigenvalue weighted by molar-refractivity contribution is 5.80. The van der Waals surface area contributed by atoms with Crippen LogP contribution in [0.25, 0.3) is 0 Å². The quantitative estimate of drug-likeness (QED) is 0.811. The van der Waals surface area contributed by atoms with Gasteiger partial charge in [0.25, 0.3) is 0 Å². The van der Waals surface area contributed by atoms with E-state index in [4.69, 9.17) is 9.47 Å². The first-order valence-electron chi connectivity index (χ1n) is 9.01. The third-order valence-electron chi connectivity index (χ3n) is 5.50. The highest BCUT2D eigenvalue weighted by atomic mass is 16.5. The molecule has 2 N–H and O–H groups in total. The molecule has 3 rings (SSSR count). The number of nitrogens with zero attached hydrogens (tertiary/aromatic N) is 1. The molecular weight excluding hydrogens is 336 g/mol. The van der Waals surface area contributed by atoms with Crippen LogP contribution >= 0.6 is 0 Å². The van der Waals surface area contributed by atoms with Crippen molar-refractivity contribution in [1.29, 1.82) is 0 Å². The lowest BCUT2D eigenvalue weighted by molar-refractivity contribution is -0.149. The van der Waals surface area contributed by atoms with Crippen LogP contribution in [0.2, 0.25) is 0 Å². The number of ether oxygens (including phenoxy) is 2. The zero-order valence-corrected chi connectivity index (χ0v) is 15.2. The maximum absolute atomic E-state index is 12.4. The number of likely N-dealkylation sites (tertiary alicyclic amines) is 1. The summed E-state index contributed by atoms with van der Waals surface area (Å²) in [6, 6.07) is 7.08. The molecule has 3 atom stereocenters. The first-order valence-corrected chi connectivity index (χ1v) is 9.01. The van der Waals surface area contributed by atoms with Crippen LogP contribution in [0.3, 0.4) is 0 Å². The Morgan fingerprint density at radius 2 is 2.19 bits per heavy atom. The summed E-state index contributed by atoms with van der Waals surface area (Å²) in [7, 11) is 1.60. The predicted octanol–water partition coefficient (Wildman–Crippen LogP) is 2.36. The van der Waals surface area contributed by atoms with Gasteiger partial charge in [0.2, 0.25) is 0 Å². The van der Waals surface area contributed by atoms with E-state index in [1.165, 1.54) is 0 Å². The van der Waals surface area contributed by atoms with Crippen LogP contribution in [0.5, 0.6) is 11.5 Å². The Morgan fingerprint density at radius 3 is 2.88 bits per heavy atom. The van der Waals surface area contributed by atoms with Crippen LogP contribution in [-0.2, 0) is 4.79 Å². The van der Waals surface area contributed by atoms with Crippen molar-refractivity contribution in [2.45, 2.75) is 32.3 Å². The zero-order valence-electron chi connectivity index (χ0n) is 15.2. The number of carbonyl (C=O) groups is 2. The van der Waals surface area contributed by atoms with Crippen LogP contribution in [0.4, 0.5) is 4.79 Å². The minimum absolute atomic E-state index is 0.0659. The molecule has 0 radical (unpaired) electrons. The molecule has 1 aromatic carbocycles. The molecule has 1 aromatic rings. The molecule has 2 aliphatic rings. The summed E-state index contributed by atoms with van der Waals surface area (Å²) in [5, 5.41) is 12.5. The first-order chi connectivity index (χ1) is 12.4. The molecule has 1 aliphatic heterocycles. The van der Waals surface area contributed by atoms with Crippen molar-refractivity contribution >= 4 is 12.0 Å². The second-order valence-corrected chi connectivity index (χ2v) is 7.22. The summed E-state index contributed by atoms with van der Waals surface area (Å²) < 4.78 is 11.0. The minimum atomic E-state index is -0.773. The van der Waals surface area contributed by atoms with E-state index in [1.54, 1.807) is 18.1 Å². The van der Waals surface area contributed by atoms with Gasteiger partial charge in [-0.2, -0.15) is 0 Å². The molecule has 0 bridgehead atoms. The fourth-order valence-electron chi connectivity index (χ4n) is 4.08. The number of urea groups is 1. The first kappa shape index (κ1) is 18.4. The number of carboxylic acids is 1. The Hall–Kier alpha value is -2.44. The number of fused-ring (bicyclic) bond motifs is 1. The van der Waals surface area contributed by atoms with E-state index in [-0.39, 0.29) is 18.1 Å². The molecule has 0 spiro atoms. The Bertz CT molecular complexity index is 680. The van der Waals surface area contributed by atoms with Crippen LogP contribution in [0.1, 0.15) is 26.2 Å². The van der Waals surface area contributed by atoms with Gasteiger partial charge in [0.05, 0.1) is 19.1 Å². The van der Waals surface area contributed by atoms with Crippen LogP contribution in [-0.4, -0.2) is 54.9 Å². The van der Waals surface area contributed by atoms with Gasteiger partial charge < -0.3 is 24.8 Å². The van der Waals surface area contributed by atoms with Crippen molar-refractivity contribution in [3.63, 3.8) is 0 Å². The number of benzene rings is 1. The van der Waals surface area contributed by atoms with E-state index < -0.39 is 11.4 Å². The number of carboxylic acid groups (broad SMARTS) is 1. The molecule has 1 saturated carbocycles. The standard InChI is InChI=1S/C19H26N2O5/c1-13(26-16-7-3-6-15(9-16)25-2)10-20-18(24)21-11-14-5-4-8-19(14,12-21)17(22)23/h3,6-7,9,13-14H,4-5,8,10-12H2,1-2H3,(H,20,24)(H,22,23)/t13?,14-,19+/m0/s1. The van der Waals surface area contributed by atoms with Crippen LogP contribution < -0.4 is 14.8 Å². The summed E-state index contributed by atoms with van der Waals surface area (Å²) in [6.07, 6.45) is 2.25. The van der Waals surface area contributed by atoms with Crippen LogP contribution in [0.15, 0.2) is 24.3 Å². The average molecular weight is 362 g/mol. The third-order valence-corrected chi connectivity index (χ3v) is 5.50. The lowest BCUT2D eigenvalue weighted by atomic mass is 9.81. The van der Waals surface area contributed by atoms with E-state index in [1.807, 2.05) is 25.1 Å². The number of amides is 2. The lowest BCUT2D eigenvalue weighted by Crippen LogP contribution is -2.44. The number of nitrogens with one attached hydrogen (secondary N) is 1. The van der Waals surface area contributed by atoms with Crippen molar-refractivity contribution in [2.75, 3.05) is 26.7 Å². The smallest absolute Gasteiger partial charge is 0.317 e. The van der Waals surface area contributed by atoms with Crippen molar-refractivity contribution in [3.05, 3.63) is 24.3 Å². The van der Waals surface area contributed by atoms with Crippen molar-refractivity contribution < 1.29 is 24.2 Å². The van der Waals surface area contributed by atoms with Gasteiger partial charge in [0.15, 0.2) is 0 Å². The predicted molar refractivity (Wildman–Crippen MR) is 95.5 cm³/mol. The molecule has 1 unspecified atom stereocenters. The fraction of sp³-hybridized carbons (Fsp3) is 0.579. The summed E-state index contributed by atoms with van der Waals surface area (Å²) >= 11 is 0. The summed E-state index contributed by atoms with van der Waals surface area (Å²) in [6.45, 7) is 3.03. The number of methoxy groups -OCH3 is 1. The van der Waals surface area contributed by atoms with E-state index in [0.717, 1.165) is 12.8 Å². The van der Waals surface area contributed by atoms with Gasteiger partial charge in [-0.3, -0.25) is 4.79 Å². The molecule has 1 saturated heterocycles. The van der Waals surface area contributed by atoms with Gasteiger partial charge in [-0.1, -0.05) is 12.5 Å². The van der Waals surface area contributed by atoms with Gasteiger partial charge in [-0.25, -0.2) is 4.79 Å². The Labute approximate surface area is 153 Å². The number of carbonyl (C=O) groups excluding carboxylic acids is 1. The monoisotopic (exact) mass is 362 g/mol. The van der Waals surface area contributed by atoms with E-state index in [9.17, 15) is 14.7 Å². The molecule has 26 heavy (non-hydrogen) atoms. The van der Waals surface area contributed by atoms with Gasteiger partial charge in [-0.05, 0) is 37.8 Å². The molecule has 1 heterocycles. The van der Waals surface area contributed by atoms with Crippen molar-refractivity contribution in [1.82, 2.24) is 10.2 Å². The Balaban J connectivity index is 1.50. The fourth-order valence-corrected chi connectivity index (χ4v) is 4.08. The van der Waals surface area contributed by atoms with E-state index >= 15 is 0 Å². The Kier molecular flexibility index (Phi) is 5.25. The highest BCUT2D eigenvalue weighted by Gasteiger charge is 2.55. The summed E-state index contributed by atoms with van der Waals surface area (Å²) in [4.78, 5) is 25.8. The lowest BCUT2D eigenvalue weighted by Gasteiger charge is -2.24. The van der Waals surface area contributed by atoms with Crippen LogP contribution in [0, 0.1) is 11.3 Å². The van der Waals surface area contributed by atoms with Crippen molar-refractivity contribution in [3.8, 4) is 11.5 Å². The van der Waals surface area contributed by atoms with E-state index in [2.05, 4.69) is 5.32 Å². The molecule has 7 nitrogen and oxygen atoms in total. The van der Waals surface area contributed by atoms with Gasteiger partial charge in [0.1, 0.15) is 17.6 Å². The highest BCUT2D eigenvalue weighted by Crippen LogP contribution is 2.48. The average Bonchev–Trinajstić information content (AvgIpc) is 3.18. The normalized spacial score (nSPS) is 25.5. The molecule has 1 aliphatic carbocycles. The zero-order chi connectivity index (χ0) is 18.7. The molecule has 7 heteroatoms. The molecule has 2 amide bonds. The molecular formula is C19H26N2O5. The van der Waals surface area contributed by atoms with E-state index in [0.29, 0.717) is 37.6 Å². The molecule has 0 aromatic heterocycles.